The first-order valence-corrected chi connectivity index (χ1v) is 14.6. The highest BCUT2D eigenvalue weighted by Crippen LogP contribution is 2.68. The second-order valence-electron chi connectivity index (χ2n) is 11.3. The molecule has 0 spiro atoms. The third-order valence-electron chi connectivity index (χ3n) is 7.29. The molecule has 1 saturated carbocycles. The zero-order valence-corrected chi connectivity index (χ0v) is 26.4. The van der Waals surface area contributed by atoms with Crippen molar-refractivity contribution in [1.82, 2.24) is 9.88 Å². The number of aromatic nitrogens is 1. The van der Waals surface area contributed by atoms with Crippen LogP contribution in [-0.4, -0.2) is 53.8 Å². The number of fused-ring (bicyclic) bond motifs is 3. The van der Waals surface area contributed by atoms with Crippen LogP contribution in [-0.2, 0) is 15.9 Å². The first kappa shape index (κ1) is 32.0. The van der Waals surface area contributed by atoms with Gasteiger partial charge in [-0.05, 0) is 56.9 Å². The fraction of sp³-hybridized carbons (Fsp3) is 0.419. The molecule has 0 saturated heterocycles. The highest BCUT2D eigenvalue weighted by molar-refractivity contribution is 9.10. The Morgan fingerprint density at radius 1 is 1.21 bits per heavy atom. The van der Waals surface area contributed by atoms with Gasteiger partial charge in [0.05, 0.1) is 19.2 Å². The summed E-state index contributed by atoms with van der Waals surface area (Å²) in [7, 11) is 2.81. The molecule has 1 fully saturated rings. The lowest BCUT2D eigenvalue weighted by Gasteiger charge is -2.40. The van der Waals surface area contributed by atoms with E-state index in [1.165, 1.54) is 14.2 Å². The SMILES string of the molecule is CN(CC(F)F)C(=O)OC(C)(C)C.COc1nc(Cl)cc2c1C1(O)CCC(c3ccccc3)C1(c1ccc(Br)cc1)O2. The molecule has 2 aromatic carbocycles. The third-order valence-corrected chi connectivity index (χ3v) is 8.01. The summed E-state index contributed by atoms with van der Waals surface area (Å²) in [5, 5.41) is 12.5. The van der Waals surface area contributed by atoms with Gasteiger partial charge in [-0.15, -0.1) is 0 Å². The fourth-order valence-electron chi connectivity index (χ4n) is 5.65. The van der Waals surface area contributed by atoms with Crippen LogP contribution < -0.4 is 9.47 Å². The van der Waals surface area contributed by atoms with E-state index in [4.69, 9.17) is 25.8 Å². The largest absolute Gasteiger partial charge is 0.481 e. The van der Waals surface area contributed by atoms with Crippen molar-refractivity contribution in [2.75, 3.05) is 20.7 Å². The Bertz CT molecular complexity index is 1410. The van der Waals surface area contributed by atoms with Crippen molar-refractivity contribution < 1.29 is 32.9 Å². The number of alkyl halides is 2. The first-order chi connectivity index (χ1) is 19.7. The minimum atomic E-state index is -2.53. The summed E-state index contributed by atoms with van der Waals surface area (Å²) in [6, 6.07) is 19.8. The van der Waals surface area contributed by atoms with Gasteiger partial charge in [0.25, 0.3) is 6.43 Å². The number of carbonyl (C=O) groups excluding carboxylic acids is 1. The summed E-state index contributed by atoms with van der Waals surface area (Å²) >= 11 is 9.72. The summed E-state index contributed by atoms with van der Waals surface area (Å²) in [5.41, 5.74) is -0.337. The van der Waals surface area contributed by atoms with Gasteiger partial charge in [0, 0.05) is 23.5 Å². The lowest BCUT2D eigenvalue weighted by Crippen LogP contribution is -2.48. The van der Waals surface area contributed by atoms with Crippen molar-refractivity contribution in [3.8, 4) is 11.6 Å². The number of halogens is 4. The molecule has 2 aliphatic rings. The van der Waals surface area contributed by atoms with Crippen molar-refractivity contribution in [3.63, 3.8) is 0 Å². The average molecular weight is 668 g/mol. The van der Waals surface area contributed by atoms with Gasteiger partial charge in [0.2, 0.25) is 5.88 Å². The van der Waals surface area contributed by atoms with Gasteiger partial charge >= 0.3 is 6.09 Å². The van der Waals surface area contributed by atoms with E-state index >= 15 is 0 Å². The molecule has 1 aliphatic heterocycles. The Hall–Kier alpha value is -2.95. The van der Waals surface area contributed by atoms with Gasteiger partial charge in [-0.25, -0.2) is 18.6 Å². The molecule has 3 atom stereocenters. The van der Waals surface area contributed by atoms with Gasteiger partial charge < -0.3 is 24.2 Å². The number of ether oxygens (including phenoxy) is 3. The normalized spacial score (nSPS) is 22.4. The Morgan fingerprint density at radius 2 is 1.86 bits per heavy atom. The Kier molecular flexibility index (Phi) is 9.40. The van der Waals surface area contributed by atoms with E-state index in [1.54, 1.807) is 26.8 Å². The van der Waals surface area contributed by atoms with Crippen LogP contribution in [0.1, 0.15) is 56.2 Å². The number of nitrogens with zero attached hydrogens (tertiary/aromatic N) is 2. The van der Waals surface area contributed by atoms with Crippen LogP contribution in [0.2, 0.25) is 5.15 Å². The average Bonchev–Trinajstić information content (AvgIpc) is 3.34. The van der Waals surface area contributed by atoms with Crippen molar-refractivity contribution in [1.29, 1.82) is 0 Å². The van der Waals surface area contributed by atoms with Crippen molar-refractivity contribution in [3.05, 3.63) is 87.0 Å². The van der Waals surface area contributed by atoms with E-state index in [0.29, 0.717) is 23.6 Å². The van der Waals surface area contributed by atoms with Gasteiger partial charge in [-0.1, -0.05) is 70.0 Å². The highest BCUT2D eigenvalue weighted by atomic mass is 79.9. The summed E-state index contributed by atoms with van der Waals surface area (Å²) in [6.07, 6.45) is -1.97. The lowest BCUT2D eigenvalue weighted by molar-refractivity contribution is -0.106. The van der Waals surface area contributed by atoms with Crippen LogP contribution in [0.15, 0.2) is 65.1 Å². The molecule has 0 bridgehead atoms. The Balaban J connectivity index is 0.000000266. The molecule has 1 N–H and O–H groups in total. The molecular formula is C31H34BrClF2N2O5. The number of hydrogen-bond donors (Lipinski definition) is 1. The van der Waals surface area contributed by atoms with Gasteiger partial charge in [-0.3, -0.25) is 0 Å². The van der Waals surface area contributed by atoms with E-state index in [-0.39, 0.29) is 11.1 Å². The molecule has 5 rings (SSSR count). The molecule has 7 nitrogen and oxygen atoms in total. The number of benzene rings is 2. The molecule has 226 valence electrons. The minimum absolute atomic E-state index is 0.0502. The summed E-state index contributed by atoms with van der Waals surface area (Å²) in [6.45, 7) is 4.44. The number of aliphatic hydroxyl groups is 1. The van der Waals surface area contributed by atoms with Crippen molar-refractivity contribution in [2.24, 2.45) is 0 Å². The zero-order chi connectivity index (χ0) is 30.9. The molecule has 3 aromatic rings. The maximum Gasteiger partial charge on any atom is 0.410 e. The topological polar surface area (TPSA) is 81.1 Å². The number of carbonyl (C=O) groups is 1. The molecule has 1 amide bonds. The number of amides is 1. The first-order valence-electron chi connectivity index (χ1n) is 13.4. The summed E-state index contributed by atoms with van der Waals surface area (Å²) in [4.78, 5) is 16.2. The Labute approximate surface area is 257 Å². The maximum atomic E-state index is 12.2. The number of rotatable bonds is 5. The highest BCUT2D eigenvalue weighted by Gasteiger charge is 2.69. The summed E-state index contributed by atoms with van der Waals surface area (Å²) in [5.74, 6) is 0.779. The molecule has 2 heterocycles. The van der Waals surface area contributed by atoms with Crippen LogP contribution in [0, 0.1) is 0 Å². The standard InChI is InChI=1S/C23H19BrClNO3.C8H15F2NO2/c1-28-21-20-18(13-19(25)26-21)29-23(15-7-9-16(24)10-8-15)17(11-12-22(20,23)27)14-5-3-2-4-6-14;1-8(2,3)13-7(12)11(4)5-6(9)10/h2-10,13,17,27H,11-12H2,1H3;6H,5H2,1-4H3. The molecule has 11 heteroatoms. The maximum absolute atomic E-state index is 12.2. The van der Waals surface area contributed by atoms with E-state index in [1.807, 2.05) is 42.5 Å². The van der Waals surface area contributed by atoms with E-state index in [9.17, 15) is 18.7 Å². The predicted octanol–water partition coefficient (Wildman–Crippen LogP) is 7.68. The third kappa shape index (κ3) is 6.21. The molecule has 0 radical (unpaired) electrons. The van der Waals surface area contributed by atoms with E-state index < -0.39 is 35.9 Å². The predicted molar refractivity (Wildman–Crippen MR) is 159 cm³/mol. The van der Waals surface area contributed by atoms with E-state index in [0.717, 1.165) is 26.9 Å². The molecular weight excluding hydrogens is 634 g/mol. The monoisotopic (exact) mass is 666 g/mol. The molecule has 3 unspecified atom stereocenters. The quantitative estimate of drug-likeness (QED) is 0.281. The van der Waals surface area contributed by atoms with Crippen LogP contribution in [0.3, 0.4) is 0 Å². The summed E-state index contributed by atoms with van der Waals surface area (Å²) < 4.78 is 41.7. The van der Waals surface area contributed by atoms with Gasteiger partial charge in [0.1, 0.15) is 22.1 Å². The second kappa shape index (κ2) is 12.3. The van der Waals surface area contributed by atoms with Crippen LogP contribution in [0.25, 0.3) is 0 Å². The number of hydrogen-bond acceptors (Lipinski definition) is 6. The molecule has 42 heavy (non-hydrogen) atoms. The van der Waals surface area contributed by atoms with Crippen LogP contribution in [0.5, 0.6) is 11.6 Å². The van der Waals surface area contributed by atoms with Gasteiger partial charge in [0.15, 0.2) is 5.60 Å². The molecule has 1 aliphatic carbocycles. The smallest absolute Gasteiger partial charge is 0.410 e. The van der Waals surface area contributed by atoms with Crippen LogP contribution >= 0.6 is 27.5 Å². The van der Waals surface area contributed by atoms with Gasteiger partial charge in [-0.2, -0.15) is 0 Å². The minimum Gasteiger partial charge on any atom is -0.481 e. The Morgan fingerprint density at radius 3 is 2.43 bits per heavy atom. The van der Waals surface area contributed by atoms with E-state index in [2.05, 4.69) is 33.0 Å². The number of pyridine rings is 1. The van der Waals surface area contributed by atoms with Crippen molar-refractivity contribution in [2.45, 2.75) is 62.8 Å². The zero-order valence-electron chi connectivity index (χ0n) is 24.0. The number of methoxy groups -OCH3 is 1. The molecule has 1 aromatic heterocycles. The van der Waals surface area contributed by atoms with Crippen molar-refractivity contribution >= 4 is 33.6 Å². The second-order valence-corrected chi connectivity index (χ2v) is 12.6. The lowest BCUT2D eigenvalue weighted by atomic mass is 9.72. The van der Waals surface area contributed by atoms with Crippen LogP contribution in [0.4, 0.5) is 13.6 Å². The fourth-order valence-corrected chi connectivity index (χ4v) is 6.09.